The fourth-order valence-electron chi connectivity index (χ4n) is 3.66. The average molecular weight is 551 g/mol. The zero-order chi connectivity index (χ0) is 21.6. The van der Waals surface area contributed by atoms with Crippen LogP contribution in [0.15, 0.2) is 41.7 Å². The van der Waals surface area contributed by atoms with Gasteiger partial charge in [0.05, 0.1) is 18.3 Å². The van der Waals surface area contributed by atoms with Crippen LogP contribution in [0.1, 0.15) is 24.5 Å². The number of guanidine groups is 1. The number of para-hydroxylation sites is 1. The van der Waals surface area contributed by atoms with Gasteiger partial charge in [-0.25, -0.2) is 4.99 Å². The van der Waals surface area contributed by atoms with Crippen molar-refractivity contribution in [2.45, 2.75) is 25.9 Å². The van der Waals surface area contributed by atoms with Crippen LogP contribution in [-0.4, -0.2) is 53.4 Å². The van der Waals surface area contributed by atoms with Crippen LogP contribution >= 0.6 is 24.0 Å². The van der Waals surface area contributed by atoms with E-state index in [-0.39, 0.29) is 42.9 Å². The summed E-state index contributed by atoms with van der Waals surface area (Å²) < 4.78 is 46.4. The Morgan fingerprint density at radius 2 is 2.10 bits per heavy atom. The van der Waals surface area contributed by atoms with Gasteiger partial charge in [0.1, 0.15) is 12.4 Å². The molecule has 172 valence electrons. The average Bonchev–Trinajstić information content (AvgIpc) is 3.33. The largest absolute Gasteiger partial charge is 0.491 e. The summed E-state index contributed by atoms with van der Waals surface area (Å²) in [7, 11) is 1.91. The number of nitrogens with zero attached hydrogens (tertiary/aromatic N) is 4. The molecule has 2 aromatic rings. The lowest BCUT2D eigenvalue weighted by Gasteiger charge is -2.21. The molecule has 1 aliphatic heterocycles. The normalized spacial score (nSPS) is 16.9. The van der Waals surface area contributed by atoms with Gasteiger partial charge in [0, 0.05) is 32.9 Å². The molecule has 1 aromatic heterocycles. The van der Waals surface area contributed by atoms with Gasteiger partial charge >= 0.3 is 6.18 Å². The van der Waals surface area contributed by atoms with Crippen LogP contribution in [0.3, 0.4) is 0 Å². The highest BCUT2D eigenvalue weighted by molar-refractivity contribution is 14.0. The molecule has 0 bridgehead atoms. The molecule has 1 saturated heterocycles. The molecule has 1 aliphatic rings. The van der Waals surface area contributed by atoms with E-state index in [1.165, 1.54) is 23.8 Å². The third kappa shape index (κ3) is 7.29. The second-order valence-electron chi connectivity index (χ2n) is 7.41. The number of benzene rings is 1. The second kappa shape index (κ2) is 11.6. The molecule has 10 heteroatoms. The first kappa shape index (κ1) is 25.3. The van der Waals surface area contributed by atoms with Gasteiger partial charge in [-0.2, -0.15) is 18.3 Å². The summed E-state index contributed by atoms with van der Waals surface area (Å²) in [4.78, 5) is 6.76. The van der Waals surface area contributed by atoms with Gasteiger partial charge in [0.25, 0.3) is 0 Å². The monoisotopic (exact) mass is 551 g/mol. The topological polar surface area (TPSA) is 54.7 Å². The predicted molar refractivity (Wildman–Crippen MR) is 125 cm³/mol. The van der Waals surface area contributed by atoms with Crippen molar-refractivity contribution in [3.63, 3.8) is 0 Å². The Morgan fingerprint density at radius 3 is 2.77 bits per heavy atom. The Labute approximate surface area is 197 Å². The van der Waals surface area contributed by atoms with Crippen LogP contribution in [0.4, 0.5) is 13.2 Å². The van der Waals surface area contributed by atoms with Gasteiger partial charge in [-0.3, -0.25) is 4.68 Å². The van der Waals surface area contributed by atoms with Crippen molar-refractivity contribution in [3.05, 3.63) is 47.8 Å². The number of aromatic nitrogens is 2. The highest BCUT2D eigenvalue weighted by atomic mass is 127. The molecule has 1 N–H and O–H groups in total. The van der Waals surface area contributed by atoms with E-state index in [4.69, 9.17) is 4.74 Å². The van der Waals surface area contributed by atoms with Crippen molar-refractivity contribution in [2.24, 2.45) is 18.0 Å². The van der Waals surface area contributed by atoms with Gasteiger partial charge in [-0.05, 0) is 43.4 Å². The van der Waals surface area contributed by atoms with Gasteiger partial charge in [-0.1, -0.05) is 12.1 Å². The van der Waals surface area contributed by atoms with Crippen molar-refractivity contribution in [2.75, 3.05) is 32.8 Å². The molecule has 3 rings (SSSR count). The van der Waals surface area contributed by atoms with E-state index in [1.807, 2.05) is 31.0 Å². The summed E-state index contributed by atoms with van der Waals surface area (Å²) in [5.41, 5.74) is 0.460. The molecule has 31 heavy (non-hydrogen) atoms. The number of alkyl halides is 3. The van der Waals surface area contributed by atoms with Gasteiger partial charge in [0.2, 0.25) is 0 Å². The molecular weight excluding hydrogens is 522 g/mol. The summed E-state index contributed by atoms with van der Waals surface area (Å²) in [6, 6.07) is 5.24. The summed E-state index contributed by atoms with van der Waals surface area (Å²) in [6.45, 7) is 4.86. The predicted octanol–water partition coefficient (Wildman–Crippen LogP) is 3.97. The molecule has 1 fully saturated rings. The maximum atomic E-state index is 13.1. The number of halogens is 4. The molecule has 1 unspecified atom stereocenters. The van der Waals surface area contributed by atoms with Gasteiger partial charge < -0.3 is 15.0 Å². The van der Waals surface area contributed by atoms with Gasteiger partial charge in [0.15, 0.2) is 5.96 Å². The van der Waals surface area contributed by atoms with Crippen molar-refractivity contribution in [3.8, 4) is 5.75 Å². The first-order valence-electron chi connectivity index (χ1n) is 10.2. The maximum absolute atomic E-state index is 13.1. The minimum absolute atomic E-state index is 0. The Morgan fingerprint density at radius 1 is 1.32 bits per heavy atom. The summed E-state index contributed by atoms with van der Waals surface area (Å²) >= 11 is 0. The third-order valence-electron chi connectivity index (χ3n) is 5.01. The van der Waals surface area contributed by atoms with Crippen LogP contribution in [0.2, 0.25) is 0 Å². The lowest BCUT2D eigenvalue weighted by Crippen LogP contribution is -2.40. The molecular formula is C21H29F3IN5O. The number of nitrogens with one attached hydrogen (secondary N) is 1. The molecule has 0 spiro atoms. The van der Waals surface area contributed by atoms with Crippen LogP contribution in [0, 0.1) is 5.92 Å². The van der Waals surface area contributed by atoms with Crippen LogP contribution in [0.5, 0.6) is 5.75 Å². The molecule has 2 heterocycles. The lowest BCUT2D eigenvalue weighted by molar-refractivity contribution is -0.138. The number of rotatable bonds is 7. The quantitative estimate of drug-likeness (QED) is 0.245. The Kier molecular flexibility index (Phi) is 9.45. The van der Waals surface area contributed by atoms with Gasteiger partial charge in [-0.15, -0.1) is 24.0 Å². The number of likely N-dealkylation sites (tertiary alicyclic amines) is 1. The van der Waals surface area contributed by atoms with E-state index in [0.717, 1.165) is 44.5 Å². The minimum Gasteiger partial charge on any atom is -0.491 e. The van der Waals surface area contributed by atoms with E-state index < -0.39 is 11.7 Å². The zero-order valence-corrected chi connectivity index (χ0v) is 20.1. The fourth-order valence-corrected chi connectivity index (χ4v) is 3.66. The first-order valence-corrected chi connectivity index (χ1v) is 10.2. The SMILES string of the molecule is CCNC(=NCCOc1ccccc1C(F)(F)F)N1CCC(Cc2cnn(C)c2)C1.I. The summed E-state index contributed by atoms with van der Waals surface area (Å²) in [5.74, 6) is 1.13. The van der Waals surface area contributed by atoms with E-state index in [1.54, 1.807) is 0 Å². The summed E-state index contributed by atoms with van der Waals surface area (Å²) in [6.07, 6.45) is 1.54. The van der Waals surface area contributed by atoms with Crippen molar-refractivity contribution >= 4 is 29.9 Å². The number of hydrogen-bond donors (Lipinski definition) is 1. The Hall–Kier alpha value is -1.98. The Balaban J connectivity index is 0.00000341. The Bertz CT molecular complexity index is 856. The van der Waals surface area contributed by atoms with Crippen LogP contribution in [0.25, 0.3) is 0 Å². The van der Waals surface area contributed by atoms with Crippen molar-refractivity contribution < 1.29 is 17.9 Å². The van der Waals surface area contributed by atoms with E-state index in [2.05, 4.69) is 20.3 Å². The van der Waals surface area contributed by atoms with Crippen molar-refractivity contribution in [1.29, 1.82) is 0 Å². The second-order valence-corrected chi connectivity index (χ2v) is 7.41. The molecule has 6 nitrogen and oxygen atoms in total. The van der Waals surface area contributed by atoms with Crippen molar-refractivity contribution in [1.82, 2.24) is 20.0 Å². The molecule has 1 aromatic carbocycles. The van der Waals surface area contributed by atoms with E-state index in [0.29, 0.717) is 5.92 Å². The fraction of sp³-hybridized carbons (Fsp3) is 0.524. The smallest absolute Gasteiger partial charge is 0.419 e. The third-order valence-corrected chi connectivity index (χ3v) is 5.01. The molecule has 0 radical (unpaired) electrons. The van der Waals surface area contributed by atoms with E-state index in [9.17, 15) is 13.2 Å². The number of aliphatic imine (C=N–C) groups is 1. The molecule has 1 atom stereocenters. The van der Waals surface area contributed by atoms with Crippen LogP contribution in [-0.2, 0) is 19.6 Å². The maximum Gasteiger partial charge on any atom is 0.419 e. The standard InChI is InChI=1S/C21H28F3N5O.HI/c1-3-25-20(29-10-8-16(15-29)12-17-13-27-28(2)14-17)26-9-11-30-19-7-5-4-6-18(19)21(22,23)24;/h4-7,13-14,16H,3,8-12,15H2,1-2H3,(H,25,26);1H. The molecule has 0 saturated carbocycles. The number of ether oxygens (including phenoxy) is 1. The molecule has 0 amide bonds. The summed E-state index contributed by atoms with van der Waals surface area (Å²) in [5, 5.41) is 7.49. The highest BCUT2D eigenvalue weighted by Gasteiger charge is 2.34. The number of hydrogen-bond acceptors (Lipinski definition) is 3. The first-order chi connectivity index (χ1) is 14.4. The zero-order valence-electron chi connectivity index (χ0n) is 17.7. The van der Waals surface area contributed by atoms with E-state index >= 15 is 0 Å². The highest BCUT2D eigenvalue weighted by Crippen LogP contribution is 2.35. The molecule has 0 aliphatic carbocycles. The number of aryl methyl sites for hydroxylation is 1. The minimum atomic E-state index is -4.44. The lowest BCUT2D eigenvalue weighted by atomic mass is 10.0. The van der Waals surface area contributed by atoms with Crippen LogP contribution < -0.4 is 10.1 Å².